The smallest absolute Gasteiger partial charge is 0.265 e. The molecule has 0 fully saturated rings. The van der Waals surface area contributed by atoms with Gasteiger partial charge < -0.3 is 10.6 Å². The molecule has 0 aliphatic carbocycles. The van der Waals surface area contributed by atoms with Gasteiger partial charge in [-0.1, -0.05) is 12.1 Å². The third-order valence-corrected chi connectivity index (χ3v) is 5.28. The summed E-state index contributed by atoms with van der Waals surface area (Å²) < 4.78 is 14.8. The minimum atomic E-state index is -0.552. The highest BCUT2D eigenvalue weighted by molar-refractivity contribution is 6.06. The number of benzene rings is 3. The molecule has 8 heteroatoms. The Kier molecular flexibility index (Phi) is 5.99. The molecule has 0 radical (unpaired) electrons. The molecule has 0 unspecified atom stereocenters. The van der Waals surface area contributed by atoms with Gasteiger partial charge in [-0.15, -0.1) is 0 Å². The summed E-state index contributed by atoms with van der Waals surface area (Å²) in [6, 6.07) is 19.0. The normalized spacial score (nSPS) is 10.8. The van der Waals surface area contributed by atoms with Crippen LogP contribution in [-0.4, -0.2) is 27.9 Å². The Balaban J connectivity index is 1.68. The van der Waals surface area contributed by atoms with Crippen LogP contribution in [0.5, 0.6) is 0 Å². The molecule has 0 aliphatic rings. The summed E-state index contributed by atoms with van der Waals surface area (Å²) in [4.78, 5) is 43.4. The molecule has 1 aromatic heterocycles. The van der Waals surface area contributed by atoms with Gasteiger partial charge in [-0.05, 0) is 67.6 Å². The van der Waals surface area contributed by atoms with Gasteiger partial charge >= 0.3 is 0 Å². The van der Waals surface area contributed by atoms with Crippen LogP contribution in [0, 0.1) is 12.7 Å². The van der Waals surface area contributed by atoms with Crippen molar-refractivity contribution in [2.45, 2.75) is 13.3 Å². The lowest BCUT2D eigenvalue weighted by Crippen LogP contribution is -2.34. The summed E-state index contributed by atoms with van der Waals surface area (Å²) in [7, 11) is 0. The van der Waals surface area contributed by atoms with E-state index in [1.165, 1.54) is 33.7 Å². The van der Waals surface area contributed by atoms with E-state index >= 15 is 0 Å². The molecule has 0 saturated carbocycles. The van der Waals surface area contributed by atoms with Crippen molar-refractivity contribution in [1.82, 2.24) is 9.55 Å². The zero-order chi connectivity index (χ0) is 23.5. The minimum Gasteiger partial charge on any atom is -0.370 e. The predicted molar refractivity (Wildman–Crippen MR) is 124 cm³/mol. The number of carbonyl (C=O) groups excluding carboxylic acids is 2. The van der Waals surface area contributed by atoms with Crippen molar-refractivity contribution < 1.29 is 14.0 Å². The van der Waals surface area contributed by atoms with Crippen molar-refractivity contribution in [3.05, 3.63) is 100 Å². The molecule has 0 bridgehead atoms. The van der Waals surface area contributed by atoms with Gasteiger partial charge in [0.2, 0.25) is 5.91 Å². The fraction of sp³-hybridized carbons (Fsp3) is 0.120. The van der Waals surface area contributed by atoms with Gasteiger partial charge in [-0.2, -0.15) is 0 Å². The Morgan fingerprint density at radius 2 is 1.67 bits per heavy atom. The number of fused-ring (bicyclic) bond motifs is 1. The fourth-order valence-corrected chi connectivity index (χ4v) is 3.65. The van der Waals surface area contributed by atoms with Crippen LogP contribution in [-0.2, 0) is 4.79 Å². The van der Waals surface area contributed by atoms with E-state index in [0.717, 1.165) is 0 Å². The van der Waals surface area contributed by atoms with Crippen molar-refractivity contribution in [1.29, 1.82) is 0 Å². The Morgan fingerprint density at radius 1 is 1.00 bits per heavy atom. The first-order chi connectivity index (χ1) is 15.8. The molecule has 4 rings (SSSR count). The topological polar surface area (TPSA) is 98.3 Å². The van der Waals surface area contributed by atoms with Crippen molar-refractivity contribution in [3.63, 3.8) is 0 Å². The van der Waals surface area contributed by atoms with Gasteiger partial charge in [0.05, 0.1) is 16.6 Å². The number of aryl methyl sites for hydroxylation is 1. The number of hydrogen-bond acceptors (Lipinski definition) is 4. The van der Waals surface area contributed by atoms with Gasteiger partial charge in [-0.3, -0.25) is 19.0 Å². The lowest BCUT2D eigenvalue weighted by atomic mass is 10.1. The van der Waals surface area contributed by atoms with E-state index in [1.54, 1.807) is 49.4 Å². The second-order valence-corrected chi connectivity index (χ2v) is 7.51. The number of nitrogens with two attached hydrogens (primary N) is 1. The first-order valence-corrected chi connectivity index (χ1v) is 10.3. The standard InChI is InChI=1S/C25H21FN4O3/c1-16-28-22-5-3-2-4-21(22)25(33)30(16)20-10-6-17(7-11-20)24(32)29(15-14-23(27)31)19-12-8-18(26)9-13-19/h2-13H,14-15H2,1H3,(H2,27,31). The van der Waals surface area contributed by atoms with E-state index in [-0.39, 0.29) is 24.4 Å². The quantitative estimate of drug-likeness (QED) is 0.493. The molecule has 33 heavy (non-hydrogen) atoms. The molecule has 166 valence electrons. The van der Waals surface area contributed by atoms with Crippen molar-refractivity contribution in [2.24, 2.45) is 5.73 Å². The van der Waals surface area contributed by atoms with E-state index in [0.29, 0.717) is 33.7 Å². The van der Waals surface area contributed by atoms with Crippen LogP contribution >= 0.6 is 0 Å². The number of carbonyl (C=O) groups is 2. The summed E-state index contributed by atoms with van der Waals surface area (Å²) in [5.41, 5.74) is 7.02. The number of primary amides is 1. The number of aromatic nitrogens is 2. The highest BCUT2D eigenvalue weighted by Gasteiger charge is 2.19. The number of amides is 2. The van der Waals surface area contributed by atoms with Crippen LogP contribution in [0.1, 0.15) is 22.6 Å². The van der Waals surface area contributed by atoms with E-state index < -0.39 is 11.7 Å². The summed E-state index contributed by atoms with van der Waals surface area (Å²) in [6.45, 7) is 1.79. The summed E-state index contributed by atoms with van der Waals surface area (Å²) in [5, 5.41) is 0.497. The molecule has 1 heterocycles. The lowest BCUT2D eigenvalue weighted by Gasteiger charge is -2.22. The number of anilines is 1. The van der Waals surface area contributed by atoms with Gasteiger partial charge in [0.1, 0.15) is 11.6 Å². The Labute approximate surface area is 188 Å². The maximum atomic E-state index is 13.3. The molecule has 0 aliphatic heterocycles. The zero-order valence-electron chi connectivity index (χ0n) is 17.9. The van der Waals surface area contributed by atoms with Crippen LogP contribution in [0.3, 0.4) is 0 Å². The van der Waals surface area contributed by atoms with Crippen molar-refractivity contribution in [2.75, 3.05) is 11.4 Å². The average molecular weight is 444 g/mol. The monoisotopic (exact) mass is 444 g/mol. The number of para-hydroxylation sites is 1. The fourth-order valence-electron chi connectivity index (χ4n) is 3.65. The Hall–Kier alpha value is -4.33. The van der Waals surface area contributed by atoms with Gasteiger partial charge in [0, 0.05) is 24.2 Å². The first kappa shape index (κ1) is 21.9. The highest BCUT2D eigenvalue weighted by atomic mass is 19.1. The van der Waals surface area contributed by atoms with Gasteiger partial charge in [-0.25, -0.2) is 9.37 Å². The van der Waals surface area contributed by atoms with E-state index in [9.17, 15) is 18.8 Å². The maximum absolute atomic E-state index is 13.3. The van der Waals surface area contributed by atoms with E-state index in [1.807, 2.05) is 6.07 Å². The highest BCUT2D eigenvalue weighted by Crippen LogP contribution is 2.20. The summed E-state index contributed by atoms with van der Waals surface area (Å²) >= 11 is 0. The third-order valence-electron chi connectivity index (χ3n) is 5.28. The molecule has 3 aromatic carbocycles. The number of hydrogen-bond donors (Lipinski definition) is 1. The molecule has 7 nitrogen and oxygen atoms in total. The second-order valence-electron chi connectivity index (χ2n) is 7.51. The van der Waals surface area contributed by atoms with E-state index in [4.69, 9.17) is 5.73 Å². The van der Waals surface area contributed by atoms with Crippen LogP contribution in [0.2, 0.25) is 0 Å². The predicted octanol–water partition coefficient (Wildman–Crippen LogP) is 3.36. The van der Waals surface area contributed by atoms with Crippen molar-refractivity contribution in [3.8, 4) is 5.69 Å². The first-order valence-electron chi connectivity index (χ1n) is 10.3. The Bertz CT molecular complexity index is 1400. The van der Waals surface area contributed by atoms with Gasteiger partial charge in [0.25, 0.3) is 11.5 Å². The number of rotatable bonds is 6. The SMILES string of the molecule is Cc1nc2ccccc2c(=O)n1-c1ccc(C(=O)N(CCC(N)=O)c2ccc(F)cc2)cc1. The van der Waals surface area contributed by atoms with E-state index in [2.05, 4.69) is 4.98 Å². The number of nitrogens with zero attached hydrogens (tertiary/aromatic N) is 3. The van der Waals surface area contributed by atoms with Crippen LogP contribution < -0.4 is 16.2 Å². The Morgan fingerprint density at radius 3 is 2.33 bits per heavy atom. The largest absolute Gasteiger partial charge is 0.370 e. The molecule has 0 atom stereocenters. The third kappa shape index (κ3) is 4.50. The number of halogens is 1. The molecular weight excluding hydrogens is 423 g/mol. The molecule has 2 amide bonds. The molecule has 0 saturated heterocycles. The maximum Gasteiger partial charge on any atom is 0.265 e. The zero-order valence-corrected chi connectivity index (χ0v) is 17.9. The molecule has 0 spiro atoms. The minimum absolute atomic E-state index is 0.0431. The van der Waals surface area contributed by atoms with Crippen LogP contribution in [0.25, 0.3) is 16.6 Å². The van der Waals surface area contributed by atoms with Gasteiger partial charge in [0.15, 0.2) is 0 Å². The molecule has 4 aromatic rings. The summed E-state index contributed by atoms with van der Waals surface area (Å²) in [5.74, 6) is -0.846. The van der Waals surface area contributed by atoms with Crippen LogP contribution in [0.4, 0.5) is 10.1 Å². The average Bonchev–Trinajstić information content (AvgIpc) is 2.80. The second kappa shape index (κ2) is 9.04. The van der Waals surface area contributed by atoms with Crippen molar-refractivity contribution >= 4 is 28.4 Å². The van der Waals surface area contributed by atoms with Crippen LogP contribution in [0.15, 0.2) is 77.6 Å². The molecule has 2 N–H and O–H groups in total. The molecular formula is C25H21FN4O3. The lowest BCUT2D eigenvalue weighted by molar-refractivity contribution is -0.117. The summed E-state index contributed by atoms with van der Waals surface area (Å²) in [6.07, 6.45) is -0.0431.